The van der Waals surface area contributed by atoms with Crippen LogP contribution in [0, 0.1) is 5.92 Å². The standard InChI is InChI=1S/C19H29NO4/c1-14-18(23-12-11-22-2)16(13-15-7-4-3-5-8-15)9-6-10-17(20)19(21)24-14/h3-5,7-8,14,16-18H,6,9-13,20H2,1-2H3/t14-,16+,17-,18-/m0/s1. The largest absolute Gasteiger partial charge is 0.459 e. The first-order valence-electron chi connectivity index (χ1n) is 8.72. The highest BCUT2D eigenvalue weighted by Crippen LogP contribution is 2.27. The van der Waals surface area contributed by atoms with Crippen molar-refractivity contribution in [3.8, 4) is 0 Å². The number of carbonyl (C=O) groups is 1. The molecular formula is C19H29NO4. The normalized spacial score (nSPS) is 28.5. The van der Waals surface area contributed by atoms with E-state index in [1.807, 2.05) is 25.1 Å². The summed E-state index contributed by atoms with van der Waals surface area (Å²) in [5.41, 5.74) is 7.18. The smallest absolute Gasteiger partial charge is 0.323 e. The van der Waals surface area contributed by atoms with Crippen LogP contribution < -0.4 is 5.73 Å². The second kappa shape index (κ2) is 9.77. The first-order chi connectivity index (χ1) is 11.6. The van der Waals surface area contributed by atoms with Gasteiger partial charge in [-0.3, -0.25) is 4.79 Å². The van der Waals surface area contributed by atoms with Crippen molar-refractivity contribution in [2.24, 2.45) is 11.7 Å². The van der Waals surface area contributed by atoms with Crippen LogP contribution in [0.15, 0.2) is 30.3 Å². The van der Waals surface area contributed by atoms with Crippen molar-refractivity contribution in [2.45, 2.75) is 50.9 Å². The van der Waals surface area contributed by atoms with Crippen molar-refractivity contribution in [1.82, 2.24) is 0 Å². The molecule has 1 saturated heterocycles. The molecule has 4 atom stereocenters. The van der Waals surface area contributed by atoms with Crippen molar-refractivity contribution in [3.05, 3.63) is 35.9 Å². The van der Waals surface area contributed by atoms with Crippen molar-refractivity contribution in [1.29, 1.82) is 0 Å². The quantitative estimate of drug-likeness (QED) is 0.638. The maximum atomic E-state index is 12.0. The van der Waals surface area contributed by atoms with Crippen LogP contribution in [0.2, 0.25) is 0 Å². The molecule has 5 heteroatoms. The maximum absolute atomic E-state index is 12.0. The monoisotopic (exact) mass is 335 g/mol. The number of ether oxygens (including phenoxy) is 3. The highest BCUT2D eigenvalue weighted by atomic mass is 16.6. The molecular weight excluding hydrogens is 306 g/mol. The Hall–Kier alpha value is -1.43. The molecule has 1 aromatic rings. The topological polar surface area (TPSA) is 70.8 Å². The third kappa shape index (κ3) is 5.58. The van der Waals surface area contributed by atoms with Crippen LogP contribution in [0.4, 0.5) is 0 Å². The van der Waals surface area contributed by atoms with Gasteiger partial charge in [0.15, 0.2) is 0 Å². The van der Waals surface area contributed by atoms with Crippen molar-refractivity contribution in [3.63, 3.8) is 0 Å². The average molecular weight is 335 g/mol. The van der Waals surface area contributed by atoms with E-state index >= 15 is 0 Å². The van der Waals surface area contributed by atoms with Crippen LogP contribution in [0.1, 0.15) is 31.7 Å². The number of nitrogens with two attached hydrogens (primary N) is 1. The molecule has 0 aliphatic carbocycles. The lowest BCUT2D eigenvalue weighted by molar-refractivity contribution is -0.160. The van der Waals surface area contributed by atoms with Gasteiger partial charge in [-0.15, -0.1) is 0 Å². The Morgan fingerprint density at radius 1 is 1.21 bits per heavy atom. The van der Waals surface area contributed by atoms with Crippen molar-refractivity contribution in [2.75, 3.05) is 20.3 Å². The average Bonchev–Trinajstić information content (AvgIpc) is 2.62. The molecule has 1 aliphatic heterocycles. The SMILES string of the molecule is COCCO[C@@H]1[C@@H](Cc2ccccc2)CCC[C@H](N)C(=O)O[C@H]1C. The Morgan fingerprint density at radius 3 is 2.67 bits per heavy atom. The number of esters is 1. The molecule has 0 spiro atoms. The Bertz CT molecular complexity index is 493. The molecule has 1 aromatic carbocycles. The van der Waals surface area contributed by atoms with Crippen LogP contribution >= 0.6 is 0 Å². The van der Waals surface area contributed by atoms with Gasteiger partial charge in [0.2, 0.25) is 0 Å². The number of hydrogen-bond donors (Lipinski definition) is 1. The summed E-state index contributed by atoms with van der Waals surface area (Å²) >= 11 is 0. The van der Waals surface area contributed by atoms with E-state index < -0.39 is 6.04 Å². The molecule has 5 nitrogen and oxygen atoms in total. The van der Waals surface area contributed by atoms with Crippen LogP contribution in [-0.4, -0.2) is 44.5 Å². The molecule has 2 N–H and O–H groups in total. The summed E-state index contributed by atoms with van der Waals surface area (Å²) in [5, 5.41) is 0. The molecule has 0 bridgehead atoms. The molecule has 0 aromatic heterocycles. The Balaban J connectivity index is 2.14. The summed E-state index contributed by atoms with van der Waals surface area (Å²) in [6.07, 6.45) is 2.92. The van der Waals surface area contributed by atoms with Gasteiger partial charge in [-0.2, -0.15) is 0 Å². The van der Waals surface area contributed by atoms with E-state index in [1.54, 1.807) is 7.11 Å². The first-order valence-corrected chi connectivity index (χ1v) is 8.72. The van der Waals surface area contributed by atoms with E-state index in [9.17, 15) is 4.79 Å². The summed E-state index contributed by atoms with van der Waals surface area (Å²) < 4.78 is 16.7. The van der Waals surface area contributed by atoms with E-state index in [0.29, 0.717) is 19.6 Å². The van der Waals surface area contributed by atoms with Gasteiger partial charge in [-0.1, -0.05) is 36.8 Å². The molecule has 0 radical (unpaired) electrons. The van der Waals surface area contributed by atoms with Crippen molar-refractivity contribution < 1.29 is 19.0 Å². The zero-order valence-electron chi connectivity index (χ0n) is 14.6. The summed E-state index contributed by atoms with van der Waals surface area (Å²) in [5.74, 6) is -0.0550. The minimum atomic E-state index is -0.539. The van der Waals surface area contributed by atoms with E-state index in [-0.39, 0.29) is 24.1 Å². The molecule has 1 fully saturated rings. The van der Waals surface area contributed by atoms with E-state index in [1.165, 1.54) is 5.56 Å². The van der Waals surface area contributed by atoms with E-state index in [2.05, 4.69) is 12.1 Å². The number of rotatable bonds is 6. The van der Waals surface area contributed by atoms with Gasteiger partial charge >= 0.3 is 5.97 Å². The number of cyclic esters (lactones) is 1. The molecule has 0 unspecified atom stereocenters. The number of benzene rings is 1. The summed E-state index contributed by atoms with van der Waals surface area (Å²) in [7, 11) is 1.65. The Labute approximate surface area is 144 Å². The zero-order chi connectivity index (χ0) is 17.4. The zero-order valence-corrected chi connectivity index (χ0v) is 14.6. The number of hydrogen-bond acceptors (Lipinski definition) is 5. The van der Waals surface area contributed by atoms with Crippen molar-refractivity contribution >= 4 is 5.97 Å². The highest BCUT2D eigenvalue weighted by Gasteiger charge is 2.33. The molecule has 24 heavy (non-hydrogen) atoms. The van der Waals surface area contributed by atoms with E-state index in [4.69, 9.17) is 19.9 Å². The number of carbonyl (C=O) groups excluding carboxylic acids is 1. The summed E-state index contributed by atoms with van der Waals surface area (Å²) in [4.78, 5) is 12.0. The highest BCUT2D eigenvalue weighted by molar-refractivity contribution is 5.75. The fourth-order valence-corrected chi connectivity index (χ4v) is 3.28. The summed E-state index contributed by atoms with van der Waals surface area (Å²) in [6, 6.07) is 9.82. The Morgan fingerprint density at radius 2 is 1.96 bits per heavy atom. The van der Waals surface area contributed by atoms with Gasteiger partial charge in [0.1, 0.15) is 12.1 Å². The lowest BCUT2D eigenvalue weighted by Gasteiger charge is -2.31. The van der Waals surface area contributed by atoms with Crippen LogP contribution in [-0.2, 0) is 25.4 Å². The predicted octanol–water partition coefficient (Wildman–Crippen LogP) is 2.32. The molecule has 1 aliphatic rings. The summed E-state index contributed by atoms with van der Waals surface area (Å²) in [6.45, 7) is 2.90. The number of methoxy groups -OCH3 is 1. The van der Waals surface area contributed by atoms with Crippen LogP contribution in [0.5, 0.6) is 0 Å². The van der Waals surface area contributed by atoms with Gasteiger partial charge in [0, 0.05) is 7.11 Å². The predicted molar refractivity (Wildman–Crippen MR) is 92.6 cm³/mol. The third-order valence-electron chi connectivity index (χ3n) is 4.56. The van der Waals surface area contributed by atoms with Gasteiger partial charge in [-0.05, 0) is 37.7 Å². The minimum Gasteiger partial charge on any atom is -0.459 e. The molecule has 134 valence electrons. The maximum Gasteiger partial charge on any atom is 0.323 e. The second-order valence-electron chi connectivity index (χ2n) is 6.46. The van der Waals surface area contributed by atoms with Crippen LogP contribution in [0.25, 0.3) is 0 Å². The minimum absolute atomic E-state index is 0.158. The van der Waals surface area contributed by atoms with Crippen LogP contribution in [0.3, 0.4) is 0 Å². The fourth-order valence-electron chi connectivity index (χ4n) is 3.28. The molecule has 0 saturated carbocycles. The van der Waals surface area contributed by atoms with Gasteiger partial charge in [0.25, 0.3) is 0 Å². The van der Waals surface area contributed by atoms with Gasteiger partial charge in [-0.25, -0.2) is 0 Å². The fraction of sp³-hybridized carbons (Fsp3) is 0.632. The van der Waals surface area contributed by atoms with Gasteiger partial charge in [0.05, 0.1) is 19.3 Å². The first kappa shape index (κ1) is 18.9. The molecule has 2 rings (SSSR count). The molecule has 1 heterocycles. The Kier molecular flexibility index (Phi) is 7.69. The molecule has 0 amide bonds. The lowest BCUT2D eigenvalue weighted by atomic mass is 9.87. The third-order valence-corrected chi connectivity index (χ3v) is 4.56. The van der Waals surface area contributed by atoms with Gasteiger partial charge < -0.3 is 19.9 Å². The van der Waals surface area contributed by atoms with E-state index in [0.717, 1.165) is 19.3 Å². The lowest BCUT2D eigenvalue weighted by Crippen LogP contribution is -2.41. The second-order valence-corrected chi connectivity index (χ2v) is 6.46.